The van der Waals surface area contributed by atoms with Gasteiger partial charge in [0.05, 0.1) is 6.54 Å². The second kappa shape index (κ2) is 3.81. The third kappa shape index (κ3) is 1.76. The molecule has 1 aliphatic rings. The van der Waals surface area contributed by atoms with E-state index in [4.69, 9.17) is 14.3 Å². The van der Waals surface area contributed by atoms with Gasteiger partial charge in [0.25, 0.3) is 0 Å². The minimum atomic E-state index is -1.10. The lowest BCUT2D eigenvalue weighted by Crippen LogP contribution is -2.21. The van der Waals surface area contributed by atoms with Crippen molar-refractivity contribution in [3.8, 4) is 5.75 Å². The highest BCUT2D eigenvalue weighted by atomic mass is 32.1. The number of hydrogen-bond acceptors (Lipinski definition) is 5. The minimum absolute atomic E-state index is 0.0956. The number of nitrogens with one attached hydrogen (secondary N) is 1. The largest absolute Gasteiger partial charge is 0.477 e. The molecule has 0 fully saturated rings. The third-order valence-electron chi connectivity index (χ3n) is 2.49. The zero-order valence-electron chi connectivity index (χ0n) is 8.67. The number of carboxylic acids is 1. The number of rotatable bonds is 2. The van der Waals surface area contributed by atoms with Crippen molar-refractivity contribution < 1.29 is 19.1 Å². The van der Waals surface area contributed by atoms with Crippen molar-refractivity contribution in [2.75, 3.05) is 11.9 Å². The fraction of sp³-hybridized carbons (Fsp3) is 0.182. The average molecular weight is 251 g/mol. The van der Waals surface area contributed by atoms with E-state index in [-0.39, 0.29) is 11.9 Å². The zero-order valence-corrected chi connectivity index (χ0v) is 9.49. The summed E-state index contributed by atoms with van der Waals surface area (Å²) in [6.07, 6.45) is -0.0956. The van der Waals surface area contributed by atoms with Crippen LogP contribution in [0.5, 0.6) is 5.75 Å². The van der Waals surface area contributed by atoms with E-state index in [0.29, 0.717) is 18.2 Å². The molecule has 2 aromatic rings. The van der Waals surface area contributed by atoms with Gasteiger partial charge in [-0.1, -0.05) is 6.07 Å². The predicted octanol–water partition coefficient (Wildman–Crippen LogP) is 2.58. The SMILES string of the molecule is O=C(O)c1cc2c(o1)NCC(c1cccs1)O2. The molecular weight excluding hydrogens is 242 g/mol. The number of furan rings is 1. The normalized spacial score (nSPS) is 18.0. The van der Waals surface area contributed by atoms with E-state index < -0.39 is 5.97 Å². The van der Waals surface area contributed by atoms with Gasteiger partial charge in [0.15, 0.2) is 11.9 Å². The van der Waals surface area contributed by atoms with Gasteiger partial charge >= 0.3 is 5.97 Å². The van der Waals surface area contributed by atoms with Crippen LogP contribution >= 0.6 is 11.3 Å². The first-order valence-electron chi connectivity index (χ1n) is 5.05. The topological polar surface area (TPSA) is 71.7 Å². The van der Waals surface area contributed by atoms with Crippen LogP contribution in [0.4, 0.5) is 5.88 Å². The van der Waals surface area contributed by atoms with Crippen molar-refractivity contribution in [2.24, 2.45) is 0 Å². The van der Waals surface area contributed by atoms with Crippen molar-refractivity contribution in [2.45, 2.75) is 6.10 Å². The van der Waals surface area contributed by atoms with Crippen LogP contribution in [0.3, 0.4) is 0 Å². The maximum atomic E-state index is 10.8. The molecular formula is C11H9NO4S. The quantitative estimate of drug-likeness (QED) is 0.858. The summed E-state index contributed by atoms with van der Waals surface area (Å²) in [5.41, 5.74) is 0. The first-order chi connectivity index (χ1) is 8.24. The second-order valence-corrected chi connectivity index (χ2v) is 4.59. The molecule has 88 valence electrons. The predicted molar refractivity (Wildman–Crippen MR) is 61.8 cm³/mol. The molecule has 17 heavy (non-hydrogen) atoms. The summed E-state index contributed by atoms with van der Waals surface area (Å²) in [4.78, 5) is 11.9. The van der Waals surface area contributed by atoms with E-state index in [1.807, 2.05) is 17.5 Å². The van der Waals surface area contributed by atoms with Gasteiger partial charge < -0.3 is 19.6 Å². The van der Waals surface area contributed by atoms with Gasteiger partial charge in [0.1, 0.15) is 0 Å². The molecule has 0 saturated heterocycles. The smallest absolute Gasteiger partial charge is 0.372 e. The Hall–Kier alpha value is -1.95. The lowest BCUT2D eigenvalue weighted by Gasteiger charge is -2.22. The molecule has 3 heterocycles. The summed E-state index contributed by atoms with van der Waals surface area (Å²) in [6.45, 7) is 0.570. The Morgan fingerprint density at radius 2 is 2.47 bits per heavy atom. The van der Waals surface area contributed by atoms with Crippen LogP contribution in [-0.2, 0) is 0 Å². The number of aromatic carboxylic acids is 1. The summed E-state index contributed by atoms with van der Waals surface area (Å²) in [5, 5.41) is 13.8. The second-order valence-electron chi connectivity index (χ2n) is 3.61. The number of thiophene rings is 1. The van der Waals surface area contributed by atoms with Crippen LogP contribution in [0, 0.1) is 0 Å². The number of ether oxygens (including phenoxy) is 1. The standard InChI is InChI=1S/C11H9NO4S/c13-11(14)7-4-6-10(16-7)12-5-8(15-6)9-2-1-3-17-9/h1-4,8,12H,5H2,(H,13,14). The summed E-state index contributed by atoms with van der Waals surface area (Å²) in [7, 11) is 0. The highest BCUT2D eigenvalue weighted by Crippen LogP contribution is 2.37. The number of anilines is 1. The lowest BCUT2D eigenvalue weighted by molar-refractivity contribution is 0.0663. The van der Waals surface area contributed by atoms with Crippen molar-refractivity contribution >= 4 is 23.2 Å². The number of carboxylic acid groups (broad SMARTS) is 1. The van der Waals surface area contributed by atoms with Gasteiger partial charge in [-0.15, -0.1) is 11.3 Å². The summed E-state index contributed by atoms with van der Waals surface area (Å²) < 4.78 is 10.8. The molecule has 3 rings (SSSR count). The van der Waals surface area contributed by atoms with Crippen LogP contribution in [0.1, 0.15) is 21.5 Å². The van der Waals surface area contributed by atoms with Crippen molar-refractivity contribution in [3.05, 3.63) is 34.2 Å². The van der Waals surface area contributed by atoms with Gasteiger partial charge in [-0.2, -0.15) is 0 Å². The van der Waals surface area contributed by atoms with E-state index in [1.54, 1.807) is 11.3 Å². The van der Waals surface area contributed by atoms with E-state index in [9.17, 15) is 4.79 Å². The maximum absolute atomic E-state index is 10.8. The molecule has 2 aromatic heterocycles. The number of carbonyl (C=O) groups is 1. The molecule has 2 N–H and O–H groups in total. The molecule has 0 amide bonds. The molecule has 1 unspecified atom stereocenters. The molecule has 1 atom stereocenters. The zero-order chi connectivity index (χ0) is 11.8. The highest BCUT2D eigenvalue weighted by molar-refractivity contribution is 7.10. The van der Waals surface area contributed by atoms with Crippen molar-refractivity contribution in [1.82, 2.24) is 0 Å². The number of hydrogen-bond donors (Lipinski definition) is 2. The molecule has 0 aliphatic carbocycles. The van der Waals surface area contributed by atoms with Gasteiger partial charge in [-0.25, -0.2) is 4.79 Å². The van der Waals surface area contributed by atoms with E-state index in [1.165, 1.54) is 6.07 Å². The summed E-state index contributed by atoms with van der Waals surface area (Å²) in [5.74, 6) is -0.381. The Morgan fingerprint density at radius 3 is 3.18 bits per heavy atom. The molecule has 0 aromatic carbocycles. The van der Waals surface area contributed by atoms with Gasteiger partial charge in [-0.3, -0.25) is 0 Å². The first kappa shape index (κ1) is 10.2. The molecule has 5 nitrogen and oxygen atoms in total. The van der Waals surface area contributed by atoms with Crippen LogP contribution in [0.15, 0.2) is 28.0 Å². The van der Waals surface area contributed by atoms with Gasteiger partial charge in [0, 0.05) is 10.9 Å². The van der Waals surface area contributed by atoms with Crippen molar-refractivity contribution in [1.29, 1.82) is 0 Å². The molecule has 0 radical (unpaired) electrons. The monoisotopic (exact) mass is 251 g/mol. The Balaban J connectivity index is 1.88. The molecule has 1 aliphatic heterocycles. The summed E-state index contributed by atoms with van der Waals surface area (Å²) >= 11 is 1.61. The van der Waals surface area contributed by atoms with E-state index in [2.05, 4.69) is 5.32 Å². The first-order valence-corrected chi connectivity index (χ1v) is 5.93. The fourth-order valence-corrected chi connectivity index (χ4v) is 2.46. The Morgan fingerprint density at radius 1 is 1.59 bits per heavy atom. The third-order valence-corrected chi connectivity index (χ3v) is 3.45. The van der Waals surface area contributed by atoms with E-state index >= 15 is 0 Å². The maximum Gasteiger partial charge on any atom is 0.372 e. The Kier molecular flexibility index (Phi) is 2.29. The van der Waals surface area contributed by atoms with Gasteiger partial charge in [0.2, 0.25) is 11.6 Å². The van der Waals surface area contributed by atoms with Crippen molar-refractivity contribution in [3.63, 3.8) is 0 Å². The highest BCUT2D eigenvalue weighted by Gasteiger charge is 2.26. The summed E-state index contributed by atoms with van der Waals surface area (Å²) in [6, 6.07) is 5.33. The van der Waals surface area contributed by atoms with Gasteiger partial charge in [-0.05, 0) is 11.4 Å². The molecule has 0 bridgehead atoms. The minimum Gasteiger partial charge on any atom is -0.477 e. The Bertz CT molecular complexity index is 546. The molecule has 0 spiro atoms. The molecule has 6 heteroatoms. The lowest BCUT2D eigenvalue weighted by atomic mass is 10.2. The van der Waals surface area contributed by atoms with Crippen LogP contribution < -0.4 is 10.1 Å². The van der Waals surface area contributed by atoms with Crippen LogP contribution in [0.25, 0.3) is 0 Å². The fourth-order valence-electron chi connectivity index (χ4n) is 1.70. The van der Waals surface area contributed by atoms with E-state index in [0.717, 1.165) is 4.88 Å². The number of fused-ring (bicyclic) bond motifs is 1. The average Bonchev–Trinajstić information content (AvgIpc) is 2.97. The van der Waals surface area contributed by atoms with Crippen LogP contribution in [0.2, 0.25) is 0 Å². The Labute approximate surface area is 101 Å². The molecule has 0 saturated carbocycles. The van der Waals surface area contributed by atoms with Crippen LogP contribution in [-0.4, -0.2) is 17.6 Å².